The van der Waals surface area contributed by atoms with Gasteiger partial charge in [-0.25, -0.2) is 4.98 Å². The zero-order valence-electron chi connectivity index (χ0n) is 11.7. The van der Waals surface area contributed by atoms with Crippen molar-refractivity contribution in [2.75, 3.05) is 13.2 Å². The van der Waals surface area contributed by atoms with E-state index in [9.17, 15) is 10.2 Å². The van der Waals surface area contributed by atoms with Crippen molar-refractivity contribution in [2.24, 2.45) is 0 Å². The van der Waals surface area contributed by atoms with Gasteiger partial charge in [0.1, 0.15) is 5.01 Å². The smallest absolute Gasteiger partial charge is 0.107 e. The summed E-state index contributed by atoms with van der Waals surface area (Å²) in [6.07, 6.45) is 0.678. The molecule has 0 fully saturated rings. The third-order valence-corrected chi connectivity index (χ3v) is 4.07. The fraction of sp³-hybridized carbons (Fsp3) is 0.769. The molecule has 0 aromatic carbocycles. The quantitative estimate of drug-likeness (QED) is 0.737. The molecule has 0 bridgehead atoms. The first-order valence-electron chi connectivity index (χ1n) is 6.28. The maximum Gasteiger partial charge on any atom is 0.107 e. The second-order valence-electron chi connectivity index (χ2n) is 5.68. The van der Waals surface area contributed by atoms with Gasteiger partial charge in [-0.05, 0) is 6.42 Å². The number of thiazole rings is 1. The maximum atomic E-state index is 9.35. The van der Waals surface area contributed by atoms with E-state index in [2.05, 4.69) is 36.5 Å². The summed E-state index contributed by atoms with van der Waals surface area (Å²) >= 11 is 1.61. The number of rotatable bonds is 6. The molecule has 0 saturated carbocycles. The Bertz CT molecular complexity index is 359. The highest BCUT2D eigenvalue weighted by atomic mass is 32.1. The molecule has 0 radical (unpaired) electrons. The molecule has 3 N–H and O–H groups in total. The predicted molar refractivity (Wildman–Crippen MR) is 74.8 cm³/mol. The lowest BCUT2D eigenvalue weighted by Gasteiger charge is -2.29. The van der Waals surface area contributed by atoms with Crippen LogP contribution < -0.4 is 5.32 Å². The van der Waals surface area contributed by atoms with Crippen molar-refractivity contribution >= 4 is 11.3 Å². The van der Waals surface area contributed by atoms with Crippen LogP contribution in [0.4, 0.5) is 0 Å². The summed E-state index contributed by atoms with van der Waals surface area (Å²) < 4.78 is 0. The number of hydrogen-bond donors (Lipinski definition) is 3. The second-order valence-corrected chi connectivity index (χ2v) is 6.62. The Morgan fingerprint density at radius 1 is 1.28 bits per heavy atom. The fourth-order valence-electron chi connectivity index (χ4n) is 1.51. The van der Waals surface area contributed by atoms with Gasteiger partial charge in [0, 0.05) is 17.3 Å². The summed E-state index contributed by atoms with van der Waals surface area (Å²) in [6.45, 7) is 8.79. The number of hydrogen-bond acceptors (Lipinski definition) is 5. The standard InChI is InChI=1S/C13H24N2O2S/c1-5-13(8-16,9-17)14-6-11-15-10(7-18-11)12(2,3)4/h7,14,16-17H,5-6,8-9H2,1-4H3. The Kier molecular flexibility index (Phi) is 5.28. The van der Waals surface area contributed by atoms with Gasteiger partial charge in [0.2, 0.25) is 0 Å². The molecule has 0 unspecified atom stereocenters. The molecule has 104 valence electrons. The minimum Gasteiger partial charge on any atom is -0.394 e. The van der Waals surface area contributed by atoms with Gasteiger partial charge < -0.3 is 15.5 Å². The van der Waals surface area contributed by atoms with Gasteiger partial charge in [-0.15, -0.1) is 11.3 Å². The highest BCUT2D eigenvalue weighted by molar-refractivity contribution is 7.09. The number of nitrogens with zero attached hydrogens (tertiary/aromatic N) is 1. The van der Waals surface area contributed by atoms with Crippen LogP contribution in [0.5, 0.6) is 0 Å². The molecule has 0 amide bonds. The fourth-order valence-corrected chi connectivity index (χ4v) is 2.47. The molecule has 0 aliphatic carbocycles. The monoisotopic (exact) mass is 272 g/mol. The van der Waals surface area contributed by atoms with Crippen LogP contribution in [-0.2, 0) is 12.0 Å². The van der Waals surface area contributed by atoms with Crippen molar-refractivity contribution in [3.05, 3.63) is 16.1 Å². The summed E-state index contributed by atoms with van der Waals surface area (Å²) in [4.78, 5) is 4.58. The molecule has 5 heteroatoms. The zero-order chi connectivity index (χ0) is 13.8. The van der Waals surface area contributed by atoms with Crippen molar-refractivity contribution in [3.63, 3.8) is 0 Å². The molecule has 1 aromatic heterocycles. The molecule has 18 heavy (non-hydrogen) atoms. The van der Waals surface area contributed by atoms with Gasteiger partial charge in [0.25, 0.3) is 0 Å². The number of nitrogens with one attached hydrogen (secondary N) is 1. The van der Waals surface area contributed by atoms with Gasteiger partial charge in [0.05, 0.1) is 24.4 Å². The molecule has 0 saturated heterocycles. The molecule has 0 atom stereocenters. The Labute approximate surface area is 113 Å². The Morgan fingerprint density at radius 2 is 1.89 bits per heavy atom. The summed E-state index contributed by atoms with van der Waals surface area (Å²) in [7, 11) is 0. The van der Waals surface area contributed by atoms with Gasteiger partial charge in [-0.3, -0.25) is 0 Å². The maximum absolute atomic E-state index is 9.35. The Hall–Kier alpha value is -0.490. The van der Waals surface area contributed by atoms with Crippen molar-refractivity contribution in [3.8, 4) is 0 Å². The topological polar surface area (TPSA) is 65.4 Å². The van der Waals surface area contributed by atoms with E-state index >= 15 is 0 Å². The molecule has 0 aliphatic rings. The van der Waals surface area contributed by atoms with Crippen LogP contribution in [0.3, 0.4) is 0 Å². The van der Waals surface area contributed by atoms with E-state index in [-0.39, 0.29) is 18.6 Å². The number of aliphatic hydroxyl groups excluding tert-OH is 2. The first-order chi connectivity index (χ1) is 8.37. The van der Waals surface area contributed by atoms with Crippen molar-refractivity contribution < 1.29 is 10.2 Å². The predicted octanol–water partition coefficient (Wildman–Crippen LogP) is 1.66. The van der Waals surface area contributed by atoms with Gasteiger partial charge in [-0.2, -0.15) is 0 Å². The third kappa shape index (κ3) is 3.75. The molecule has 1 heterocycles. The number of aliphatic hydroxyl groups is 2. The summed E-state index contributed by atoms with van der Waals surface area (Å²) in [5.41, 5.74) is 0.539. The zero-order valence-corrected chi connectivity index (χ0v) is 12.5. The minimum absolute atomic E-state index is 0.0601. The first-order valence-corrected chi connectivity index (χ1v) is 7.16. The Balaban J connectivity index is 2.66. The number of aromatic nitrogens is 1. The van der Waals surface area contributed by atoms with E-state index in [1.807, 2.05) is 6.92 Å². The van der Waals surface area contributed by atoms with Crippen LogP contribution in [0.1, 0.15) is 44.8 Å². The van der Waals surface area contributed by atoms with E-state index in [0.29, 0.717) is 13.0 Å². The van der Waals surface area contributed by atoms with Gasteiger partial charge >= 0.3 is 0 Å². The van der Waals surface area contributed by atoms with Crippen molar-refractivity contribution in [1.29, 1.82) is 0 Å². The van der Waals surface area contributed by atoms with Crippen LogP contribution in [0, 0.1) is 0 Å². The van der Waals surface area contributed by atoms with E-state index in [0.717, 1.165) is 10.7 Å². The largest absolute Gasteiger partial charge is 0.394 e. The van der Waals surface area contributed by atoms with Crippen molar-refractivity contribution in [2.45, 2.75) is 51.6 Å². The van der Waals surface area contributed by atoms with Gasteiger partial charge in [0.15, 0.2) is 0 Å². The van der Waals surface area contributed by atoms with Crippen molar-refractivity contribution in [1.82, 2.24) is 10.3 Å². The lowest BCUT2D eigenvalue weighted by atomic mass is 9.93. The summed E-state index contributed by atoms with van der Waals surface area (Å²) in [5.74, 6) is 0. The first kappa shape index (κ1) is 15.6. The van der Waals surface area contributed by atoms with Crippen LogP contribution >= 0.6 is 11.3 Å². The summed E-state index contributed by atoms with van der Waals surface area (Å²) in [6, 6.07) is 0. The van der Waals surface area contributed by atoms with E-state index < -0.39 is 5.54 Å². The molecular weight excluding hydrogens is 248 g/mol. The van der Waals surface area contributed by atoms with Gasteiger partial charge in [-0.1, -0.05) is 27.7 Å². The highest BCUT2D eigenvalue weighted by Crippen LogP contribution is 2.24. The molecule has 0 aliphatic heterocycles. The highest BCUT2D eigenvalue weighted by Gasteiger charge is 2.26. The summed E-state index contributed by atoms with van der Waals surface area (Å²) in [5, 5.41) is 25.0. The van der Waals surface area contributed by atoms with E-state index in [1.165, 1.54) is 0 Å². The molecule has 4 nitrogen and oxygen atoms in total. The van der Waals surface area contributed by atoms with Crippen LogP contribution in [0.25, 0.3) is 0 Å². The van der Waals surface area contributed by atoms with Crippen LogP contribution in [0.2, 0.25) is 0 Å². The van der Waals surface area contributed by atoms with E-state index in [1.54, 1.807) is 11.3 Å². The SMILES string of the molecule is CCC(CO)(CO)NCc1nc(C(C)(C)C)cs1. The molecule has 1 aromatic rings. The average molecular weight is 272 g/mol. The average Bonchev–Trinajstić information content (AvgIpc) is 2.80. The lowest BCUT2D eigenvalue weighted by molar-refractivity contribution is 0.0864. The van der Waals surface area contributed by atoms with Crippen LogP contribution in [0.15, 0.2) is 5.38 Å². The molecule has 0 spiro atoms. The third-order valence-electron chi connectivity index (χ3n) is 3.22. The second kappa shape index (κ2) is 6.10. The Morgan fingerprint density at radius 3 is 2.28 bits per heavy atom. The van der Waals surface area contributed by atoms with Crippen LogP contribution in [-0.4, -0.2) is 33.9 Å². The molecular formula is C13H24N2O2S. The minimum atomic E-state index is -0.604. The molecule has 1 rings (SSSR count). The van der Waals surface area contributed by atoms with E-state index in [4.69, 9.17) is 0 Å². The normalized spacial score (nSPS) is 13.0. The lowest BCUT2D eigenvalue weighted by Crippen LogP contribution is -2.50.